The number of rotatable bonds is 8. The van der Waals surface area contributed by atoms with Crippen molar-refractivity contribution in [3.63, 3.8) is 0 Å². The first kappa shape index (κ1) is 26.6. The molecule has 3 aromatic carbocycles. The molecule has 3 aromatic rings. The van der Waals surface area contributed by atoms with Crippen molar-refractivity contribution in [2.45, 2.75) is 25.4 Å². The minimum atomic E-state index is -4.75. The SMILES string of the molecule is CCOC(=O)COc1cc(Cl)c(Cc2ccc(O)c(C(c3ccc(F)cc3)C(F)(F)F)c2)c(Cl)c1. The Morgan fingerprint density at radius 1 is 1.03 bits per heavy atom. The second kappa shape index (κ2) is 11.2. The maximum Gasteiger partial charge on any atom is 0.399 e. The van der Waals surface area contributed by atoms with E-state index in [1.54, 1.807) is 6.92 Å². The van der Waals surface area contributed by atoms with Crippen molar-refractivity contribution in [1.82, 2.24) is 0 Å². The number of hydrogen-bond donors (Lipinski definition) is 1. The highest BCUT2D eigenvalue weighted by Gasteiger charge is 2.43. The quantitative estimate of drug-likeness (QED) is 0.250. The third-order valence-corrected chi connectivity index (χ3v) is 5.77. The zero-order valence-corrected chi connectivity index (χ0v) is 19.8. The van der Waals surface area contributed by atoms with Gasteiger partial charge < -0.3 is 14.6 Å². The summed E-state index contributed by atoms with van der Waals surface area (Å²) < 4.78 is 65.3. The van der Waals surface area contributed by atoms with Gasteiger partial charge in [-0.25, -0.2) is 9.18 Å². The van der Waals surface area contributed by atoms with Crippen molar-refractivity contribution in [3.8, 4) is 11.5 Å². The van der Waals surface area contributed by atoms with Gasteiger partial charge in [0, 0.05) is 22.0 Å². The van der Waals surface area contributed by atoms with E-state index in [2.05, 4.69) is 0 Å². The zero-order chi connectivity index (χ0) is 25.8. The molecule has 1 unspecified atom stereocenters. The summed E-state index contributed by atoms with van der Waals surface area (Å²) in [5, 5.41) is 10.6. The molecular formula is C25H20Cl2F4O4. The van der Waals surface area contributed by atoms with E-state index in [1.165, 1.54) is 24.3 Å². The van der Waals surface area contributed by atoms with Gasteiger partial charge in [-0.15, -0.1) is 0 Å². The predicted molar refractivity (Wildman–Crippen MR) is 124 cm³/mol. The summed E-state index contributed by atoms with van der Waals surface area (Å²) in [4.78, 5) is 11.5. The number of benzene rings is 3. The topological polar surface area (TPSA) is 55.8 Å². The van der Waals surface area contributed by atoms with Crippen molar-refractivity contribution in [2.75, 3.05) is 13.2 Å². The molecule has 35 heavy (non-hydrogen) atoms. The number of halogens is 6. The molecule has 1 N–H and O–H groups in total. The van der Waals surface area contributed by atoms with Gasteiger partial charge in [-0.05, 0) is 53.9 Å². The van der Waals surface area contributed by atoms with Crippen LogP contribution >= 0.6 is 23.2 Å². The Labute approximate surface area is 209 Å². The van der Waals surface area contributed by atoms with Crippen LogP contribution in [0.25, 0.3) is 0 Å². The van der Waals surface area contributed by atoms with Crippen molar-refractivity contribution < 1.29 is 36.9 Å². The monoisotopic (exact) mass is 530 g/mol. The van der Waals surface area contributed by atoms with E-state index in [-0.39, 0.29) is 46.6 Å². The molecule has 0 aliphatic heterocycles. The maximum atomic E-state index is 14.0. The van der Waals surface area contributed by atoms with Gasteiger partial charge in [0.15, 0.2) is 6.61 Å². The lowest BCUT2D eigenvalue weighted by atomic mass is 9.88. The van der Waals surface area contributed by atoms with Crippen LogP contribution in [0.3, 0.4) is 0 Å². The van der Waals surface area contributed by atoms with Gasteiger partial charge in [0.1, 0.15) is 23.2 Å². The Bertz CT molecular complexity index is 1170. The van der Waals surface area contributed by atoms with Gasteiger partial charge in [0.05, 0.1) is 6.61 Å². The molecule has 0 bridgehead atoms. The molecule has 10 heteroatoms. The van der Waals surface area contributed by atoms with Gasteiger partial charge in [-0.2, -0.15) is 13.2 Å². The Kier molecular flexibility index (Phi) is 8.51. The summed E-state index contributed by atoms with van der Waals surface area (Å²) in [7, 11) is 0. The molecule has 0 aliphatic carbocycles. The lowest BCUT2D eigenvalue weighted by Gasteiger charge is -2.23. The highest BCUT2D eigenvalue weighted by molar-refractivity contribution is 6.36. The second-order valence-corrected chi connectivity index (χ2v) is 8.37. The largest absolute Gasteiger partial charge is 0.508 e. The molecule has 186 valence electrons. The average Bonchev–Trinajstić information content (AvgIpc) is 2.77. The smallest absolute Gasteiger partial charge is 0.399 e. The average molecular weight is 531 g/mol. The van der Waals surface area contributed by atoms with E-state index < -0.39 is 29.6 Å². The number of phenolic OH excluding ortho intramolecular Hbond substituents is 1. The van der Waals surface area contributed by atoms with E-state index in [9.17, 15) is 27.5 Å². The Morgan fingerprint density at radius 3 is 2.23 bits per heavy atom. The molecule has 0 saturated heterocycles. The summed E-state index contributed by atoms with van der Waals surface area (Å²) >= 11 is 12.7. The predicted octanol–water partition coefficient (Wildman–Crippen LogP) is 7.07. The van der Waals surface area contributed by atoms with Crippen molar-refractivity contribution >= 4 is 29.2 Å². The van der Waals surface area contributed by atoms with Crippen LogP contribution in [0.5, 0.6) is 11.5 Å². The molecule has 0 fully saturated rings. The van der Waals surface area contributed by atoms with Crippen LogP contribution in [0.4, 0.5) is 17.6 Å². The first-order valence-corrected chi connectivity index (χ1v) is 11.2. The lowest BCUT2D eigenvalue weighted by Crippen LogP contribution is -2.22. The molecule has 0 radical (unpaired) electrons. The van der Waals surface area contributed by atoms with Crippen molar-refractivity contribution in [3.05, 3.63) is 92.7 Å². The van der Waals surface area contributed by atoms with Crippen LogP contribution < -0.4 is 4.74 Å². The minimum Gasteiger partial charge on any atom is -0.508 e. The molecule has 0 heterocycles. The fourth-order valence-corrected chi connectivity index (χ4v) is 4.13. The molecule has 3 rings (SSSR count). The fraction of sp³-hybridized carbons (Fsp3) is 0.240. The lowest BCUT2D eigenvalue weighted by molar-refractivity contribution is -0.145. The molecule has 0 aliphatic rings. The molecule has 0 spiro atoms. The summed E-state index contributed by atoms with van der Waals surface area (Å²) in [6, 6.07) is 10.6. The molecule has 4 nitrogen and oxygen atoms in total. The maximum absolute atomic E-state index is 14.0. The molecule has 0 amide bonds. The molecular weight excluding hydrogens is 511 g/mol. The van der Waals surface area contributed by atoms with Crippen LogP contribution in [-0.4, -0.2) is 30.5 Å². The first-order valence-electron chi connectivity index (χ1n) is 10.4. The third kappa shape index (κ3) is 6.80. The Balaban J connectivity index is 1.91. The van der Waals surface area contributed by atoms with Gasteiger partial charge in [0.25, 0.3) is 0 Å². The van der Waals surface area contributed by atoms with Crippen LogP contribution in [0.15, 0.2) is 54.6 Å². The van der Waals surface area contributed by atoms with Crippen molar-refractivity contribution in [1.29, 1.82) is 0 Å². The fourth-order valence-electron chi connectivity index (χ4n) is 3.53. The van der Waals surface area contributed by atoms with Crippen LogP contribution in [0, 0.1) is 5.82 Å². The summed E-state index contributed by atoms with van der Waals surface area (Å²) in [5.74, 6) is -3.75. The van der Waals surface area contributed by atoms with Crippen molar-refractivity contribution in [2.24, 2.45) is 0 Å². The number of esters is 1. The number of carbonyl (C=O) groups is 1. The number of alkyl halides is 3. The molecule has 1 atom stereocenters. The van der Waals surface area contributed by atoms with Crippen LogP contribution in [0.1, 0.15) is 35.1 Å². The van der Waals surface area contributed by atoms with Crippen LogP contribution in [0.2, 0.25) is 10.0 Å². The number of aromatic hydroxyl groups is 1. The van der Waals surface area contributed by atoms with E-state index in [1.807, 2.05) is 0 Å². The minimum absolute atomic E-state index is 0.0527. The highest BCUT2D eigenvalue weighted by Crippen LogP contribution is 2.44. The van der Waals surface area contributed by atoms with E-state index >= 15 is 0 Å². The highest BCUT2D eigenvalue weighted by atomic mass is 35.5. The first-order chi connectivity index (χ1) is 16.5. The molecule has 0 aromatic heterocycles. The number of phenols is 1. The summed E-state index contributed by atoms with van der Waals surface area (Å²) in [5.41, 5.74) is 0.214. The van der Waals surface area contributed by atoms with Gasteiger partial charge in [-0.3, -0.25) is 0 Å². The van der Waals surface area contributed by atoms with Gasteiger partial charge in [-0.1, -0.05) is 47.5 Å². The third-order valence-electron chi connectivity index (χ3n) is 5.09. The zero-order valence-electron chi connectivity index (χ0n) is 18.3. The Morgan fingerprint density at radius 2 is 1.66 bits per heavy atom. The van der Waals surface area contributed by atoms with E-state index in [0.29, 0.717) is 11.1 Å². The van der Waals surface area contributed by atoms with Crippen LogP contribution in [-0.2, 0) is 16.0 Å². The second-order valence-electron chi connectivity index (χ2n) is 7.56. The van der Waals surface area contributed by atoms with Gasteiger partial charge >= 0.3 is 12.1 Å². The number of carbonyl (C=O) groups excluding carboxylic acids is 1. The Hall–Kier alpha value is -2.97. The number of ether oxygens (including phenoxy) is 2. The normalized spacial score (nSPS) is 12.3. The van der Waals surface area contributed by atoms with Gasteiger partial charge in [0.2, 0.25) is 0 Å². The number of hydrogen-bond acceptors (Lipinski definition) is 4. The van der Waals surface area contributed by atoms with E-state index in [4.69, 9.17) is 32.7 Å². The standard InChI is InChI=1S/C25H20Cl2F4O4/c1-2-34-23(33)13-35-17-11-20(26)18(21(27)12-17)9-14-3-8-22(32)19(10-14)24(25(29,30)31)15-4-6-16(28)7-5-15/h3-8,10-12,24,32H,2,9,13H2,1H3. The summed E-state index contributed by atoms with van der Waals surface area (Å²) in [6.07, 6.45) is -4.70. The summed E-state index contributed by atoms with van der Waals surface area (Å²) in [6.45, 7) is 1.52. The van der Waals surface area contributed by atoms with E-state index in [0.717, 1.165) is 30.3 Å². The molecule has 0 saturated carbocycles.